The molecule has 194 valence electrons. The van der Waals surface area contributed by atoms with Crippen LogP contribution in [-0.2, 0) is 21.4 Å². The van der Waals surface area contributed by atoms with E-state index in [1.54, 1.807) is 30.5 Å². The lowest BCUT2D eigenvalue weighted by molar-refractivity contribution is -0.121. The van der Waals surface area contributed by atoms with Crippen molar-refractivity contribution < 1.29 is 27.1 Å². The van der Waals surface area contributed by atoms with Gasteiger partial charge in [0.2, 0.25) is 15.9 Å². The lowest BCUT2D eigenvalue weighted by Crippen LogP contribution is -2.47. The van der Waals surface area contributed by atoms with Gasteiger partial charge in [0, 0.05) is 6.54 Å². The third-order valence-corrected chi connectivity index (χ3v) is 9.18. The van der Waals surface area contributed by atoms with Gasteiger partial charge in [-0.05, 0) is 68.3 Å². The number of furan rings is 1. The van der Waals surface area contributed by atoms with Crippen molar-refractivity contribution in [2.24, 2.45) is 0 Å². The lowest BCUT2D eigenvalue weighted by Gasteiger charge is -2.28. The fraction of sp³-hybridized carbons (Fsp3) is 0.308. The molecule has 0 saturated carbocycles. The molecule has 0 bridgehead atoms. The summed E-state index contributed by atoms with van der Waals surface area (Å²) in [5, 5.41) is 0.456. The van der Waals surface area contributed by atoms with E-state index in [4.69, 9.17) is 18.9 Å². The maximum Gasteiger partial charge on any atom is 0.247 e. The molecule has 11 heteroatoms. The van der Waals surface area contributed by atoms with E-state index in [1.807, 2.05) is 25.1 Å². The minimum absolute atomic E-state index is 0.118. The Kier molecular flexibility index (Phi) is 7.18. The molecule has 1 fully saturated rings. The predicted octanol–water partition coefficient (Wildman–Crippen LogP) is 4.68. The molecule has 3 heterocycles. The average Bonchev–Trinajstić information content (AvgIpc) is 3.68. The molecule has 0 radical (unpaired) electrons. The summed E-state index contributed by atoms with van der Waals surface area (Å²) in [6.07, 6.45) is 2.53. The topological polar surface area (TPSA) is 102 Å². The van der Waals surface area contributed by atoms with Gasteiger partial charge >= 0.3 is 0 Å². The summed E-state index contributed by atoms with van der Waals surface area (Å²) in [6.45, 7) is 2.77. The molecule has 0 spiro atoms. The predicted molar refractivity (Wildman–Crippen MR) is 141 cm³/mol. The van der Waals surface area contributed by atoms with Crippen molar-refractivity contribution >= 4 is 42.6 Å². The Morgan fingerprint density at radius 1 is 1.19 bits per heavy atom. The summed E-state index contributed by atoms with van der Waals surface area (Å²) in [5.74, 6) is 1.42. The average molecular weight is 542 g/mol. The van der Waals surface area contributed by atoms with Crippen LogP contribution in [0.2, 0.25) is 0 Å². The number of hydrogen-bond acceptors (Lipinski definition) is 8. The van der Waals surface area contributed by atoms with E-state index in [1.165, 1.54) is 39.8 Å². The first-order valence-corrected chi connectivity index (χ1v) is 14.2. The smallest absolute Gasteiger partial charge is 0.247 e. The number of nitrogens with zero attached hydrogens (tertiary/aromatic N) is 3. The lowest BCUT2D eigenvalue weighted by atomic mass is 10.2. The van der Waals surface area contributed by atoms with Crippen LogP contribution in [0.4, 0.5) is 5.13 Å². The Balaban J connectivity index is 1.51. The molecule has 1 aliphatic heterocycles. The monoisotopic (exact) mass is 541 g/mol. The van der Waals surface area contributed by atoms with Gasteiger partial charge in [-0.1, -0.05) is 17.4 Å². The first-order chi connectivity index (χ1) is 17.9. The number of aromatic nitrogens is 1. The number of methoxy groups -OCH3 is 1. The molecule has 1 saturated heterocycles. The molecule has 1 unspecified atom stereocenters. The summed E-state index contributed by atoms with van der Waals surface area (Å²) in [7, 11) is -2.38. The van der Waals surface area contributed by atoms with Crippen LogP contribution in [0.25, 0.3) is 10.2 Å². The summed E-state index contributed by atoms with van der Waals surface area (Å²) in [5.41, 5.74) is 0.663. The minimum atomic E-state index is -3.90. The second-order valence-corrected chi connectivity index (χ2v) is 11.4. The Hall–Kier alpha value is -3.41. The molecule has 9 nitrogen and oxygen atoms in total. The molecule has 1 amide bonds. The zero-order valence-corrected chi connectivity index (χ0v) is 22.1. The maximum absolute atomic E-state index is 14.0. The third kappa shape index (κ3) is 4.94. The number of sulfonamides is 1. The number of ether oxygens (including phenoxy) is 2. The largest absolute Gasteiger partial charge is 0.497 e. The van der Waals surface area contributed by atoms with Crippen LogP contribution in [0.5, 0.6) is 11.5 Å². The van der Waals surface area contributed by atoms with E-state index >= 15 is 0 Å². The van der Waals surface area contributed by atoms with Crippen LogP contribution in [0.1, 0.15) is 25.5 Å². The standard InChI is InChI=1S/C26H27N3O6S2/c1-3-34-22-9-4-10-23-24(22)27-26(36-23)28(17-19-7-6-16-35-19)25(30)21-8-5-15-29(21)37(31,32)20-13-11-18(33-2)12-14-20/h4,6-7,9-14,16,21H,3,5,8,15,17H2,1-2H3. The van der Waals surface area contributed by atoms with Crippen molar-refractivity contribution in [2.45, 2.75) is 37.2 Å². The van der Waals surface area contributed by atoms with Crippen LogP contribution >= 0.6 is 11.3 Å². The third-order valence-electron chi connectivity index (χ3n) is 6.22. The molecule has 0 N–H and O–H groups in total. The first-order valence-electron chi connectivity index (χ1n) is 11.9. The highest BCUT2D eigenvalue weighted by atomic mass is 32.2. The highest BCUT2D eigenvalue weighted by molar-refractivity contribution is 7.89. The maximum atomic E-state index is 14.0. The summed E-state index contributed by atoms with van der Waals surface area (Å²) >= 11 is 1.35. The quantitative estimate of drug-likeness (QED) is 0.303. The van der Waals surface area contributed by atoms with Crippen molar-refractivity contribution in [3.8, 4) is 11.5 Å². The number of fused-ring (bicyclic) bond motifs is 1. The highest BCUT2D eigenvalue weighted by Crippen LogP contribution is 2.37. The number of carbonyl (C=O) groups is 1. The zero-order chi connectivity index (χ0) is 26.0. The number of thiazole rings is 1. The fourth-order valence-corrected chi connectivity index (χ4v) is 7.07. The normalized spacial score (nSPS) is 16.2. The van der Waals surface area contributed by atoms with Gasteiger partial charge in [-0.3, -0.25) is 9.69 Å². The molecule has 2 aromatic carbocycles. The Bertz CT molecular complexity index is 1480. The van der Waals surface area contributed by atoms with E-state index in [0.29, 0.717) is 47.4 Å². The summed E-state index contributed by atoms with van der Waals surface area (Å²) < 4.78 is 45.7. The highest BCUT2D eigenvalue weighted by Gasteiger charge is 2.42. The van der Waals surface area contributed by atoms with Crippen molar-refractivity contribution in [1.82, 2.24) is 9.29 Å². The number of benzene rings is 2. The van der Waals surface area contributed by atoms with E-state index < -0.39 is 16.1 Å². The van der Waals surface area contributed by atoms with Gasteiger partial charge in [-0.15, -0.1) is 0 Å². The van der Waals surface area contributed by atoms with Crippen molar-refractivity contribution in [3.05, 3.63) is 66.6 Å². The second-order valence-electron chi connectivity index (χ2n) is 8.49. The zero-order valence-electron chi connectivity index (χ0n) is 20.5. The number of amides is 1. The molecule has 1 aliphatic rings. The van der Waals surface area contributed by atoms with E-state index in [0.717, 1.165) is 4.70 Å². The molecule has 37 heavy (non-hydrogen) atoms. The number of para-hydroxylation sites is 1. The molecule has 2 aromatic heterocycles. The molecule has 0 aliphatic carbocycles. The van der Waals surface area contributed by atoms with E-state index in [2.05, 4.69) is 0 Å². The molecular weight excluding hydrogens is 514 g/mol. The van der Waals surface area contributed by atoms with Crippen LogP contribution in [0.3, 0.4) is 0 Å². The van der Waals surface area contributed by atoms with Gasteiger partial charge in [0.25, 0.3) is 0 Å². The van der Waals surface area contributed by atoms with Crippen LogP contribution in [-0.4, -0.2) is 49.9 Å². The number of anilines is 1. The number of hydrogen-bond donors (Lipinski definition) is 0. The van der Waals surface area contributed by atoms with Crippen molar-refractivity contribution in [3.63, 3.8) is 0 Å². The Labute approximate surface area is 219 Å². The number of rotatable bonds is 9. The molecule has 1 atom stereocenters. The van der Waals surface area contributed by atoms with Gasteiger partial charge in [-0.25, -0.2) is 13.4 Å². The van der Waals surface area contributed by atoms with Gasteiger partial charge in [0.15, 0.2) is 5.13 Å². The molecular formula is C26H27N3O6S2. The Morgan fingerprint density at radius 2 is 2.00 bits per heavy atom. The minimum Gasteiger partial charge on any atom is -0.497 e. The van der Waals surface area contributed by atoms with Gasteiger partial charge < -0.3 is 13.9 Å². The van der Waals surface area contributed by atoms with Gasteiger partial charge in [-0.2, -0.15) is 4.31 Å². The van der Waals surface area contributed by atoms with Gasteiger partial charge in [0.05, 0.1) is 36.1 Å². The molecule has 4 aromatic rings. The van der Waals surface area contributed by atoms with Crippen molar-refractivity contribution in [1.29, 1.82) is 0 Å². The molecule has 5 rings (SSSR count). The van der Waals surface area contributed by atoms with E-state index in [-0.39, 0.29) is 23.9 Å². The summed E-state index contributed by atoms with van der Waals surface area (Å²) in [4.78, 5) is 20.4. The van der Waals surface area contributed by atoms with Crippen LogP contribution < -0.4 is 14.4 Å². The fourth-order valence-electron chi connectivity index (χ4n) is 4.43. The second kappa shape index (κ2) is 10.5. The Morgan fingerprint density at radius 3 is 2.70 bits per heavy atom. The first kappa shape index (κ1) is 25.2. The summed E-state index contributed by atoms with van der Waals surface area (Å²) in [6, 6.07) is 14.5. The van der Waals surface area contributed by atoms with E-state index in [9.17, 15) is 13.2 Å². The van der Waals surface area contributed by atoms with Gasteiger partial charge in [0.1, 0.15) is 28.8 Å². The van der Waals surface area contributed by atoms with Crippen molar-refractivity contribution in [2.75, 3.05) is 25.2 Å². The van der Waals surface area contributed by atoms with Crippen LogP contribution in [0.15, 0.2) is 70.2 Å². The van der Waals surface area contributed by atoms with Crippen LogP contribution in [0, 0.1) is 0 Å². The number of carbonyl (C=O) groups excluding carboxylic acids is 1. The SMILES string of the molecule is CCOc1cccc2sc(N(Cc3ccco3)C(=O)C3CCCN3S(=O)(=O)c3ccc(OC)cc3)nc12.